The first-order chi connectivity index (χ1) is 11.0. The lowest BCUT2D eigenvalue weighted by Gasteiger charge is -2.22. The van der Waals surface area contributed by atoms with Crippen LogP contribution in [-0.2, 0) is 16.0 Å². The maximum Gasteiger partial charge on any atom is 0.408 e. The molecular formula is C15H20N2O7. The van der Waals surface area contributed by atoms with Gasteiger partial charge in [0.1, 0.15) is 17.4 Å². The van der Waals surface area contributed by atoms with E-state index in [9.17, 15) is 24.8 Å². The summed E-state index contributed by atoms with van der Waals surface area (Å²) in [6, 6.07) is 2.51. The standard InChI is InChI=1S/C15H20N2O7/c1-15(2,3)24-14(20)16-11(13(18)19)8-9-7-10(17(21)22)5-6-12(9)23-4/h5-7,11H,8H2,1-4H3,(H,16,20)(H,18,19). The number of ether oxygens (including phenoxy) is 2. The zero-order valence-electron chi connectivity index (χ0n) is 13.9. The van der Waals surface area contributed by atoms with Crippen LogP contribution in [-0.4, -0.2) is 40.8 Å². The number of amides is 1. The highest BCUT2D eigenvalue weighted by molar-refractivity contribution is 5.80. The second kappa shape index (κ2) is 7.62. The molecule has 0 saturated carbocycles. The number of hydrogen-bond acceptors (Lipinski definition) is 6. The minimum Gasteiger partial charge on any atom is -0.496 e. The molecule has 0 saturated heterocycles. The number of nitro benzene ring substituents is 1. The van der Waals surface area contributed by atoms with Crippen LogP contribution in [0.1, 0.15) is 26.3 Å². The van der Waals surface area contributed by atoms with Crippen LogP contribution < -0.4 is 10.1 Å². The number of rotatable bonds is 6. The first kappa shape index (κ1) is 19.2. The Morgan fingerprint density at radius 1 is 1.38 bits per heavy atom. The molecule has 0 heterocycles. The molecule has 0 aliphatic carbocycles. The Morgan fingerprint density at radius 2 is 2.00 bits per heavy atom. The number of carboxylic acid groups (broad SMARTS) is 1. The summed E-state index contributed by atoms with van der Waals surface area (Å²) >= 11 is 0. The summed E-state index contributed by atoms with van der Waals surface area (Å²) < 4.78 is 10.1. The summed E-state index contributed by atoms with van der Waals surface area (Å²) in [6.45, 7) is 4.93. The molecule has 0 spiro atoms. The van der Waals surface area contributed by atoms with Gasteiger partial charge in [0.25, 0.3) is 5.69 Å². The molecule has 0 bridgehead atoms. The van der Waals surface area contributed by atoms with Gasteiger partial charge in [-0.3, -0.25) is 10.1 Å². The van der Waals surface area contributed by atoms with Crippen LogP contribution in [0.5, 0.6) is 5.75 Å². The Bertz CT molecular complexity index is 637. The van der Waals surface area contributed by atoms with Crippen molar-refractivity contribution in [3.8, 4) is 5.75 Å². The summed E-state index contributed by atoms with van der Waals surface area (Å²) in [5, 5.41) is 22.4. The summed E-state index contributed by atoms with van der Waals surface area (Å²) in [4.78, 5) is 33.4. The molecule has 0 radical (unpaired) electrons. The van der Waals surface area contributed by atoms with Crippen molar-refractivity contribution in [1.82, 2.24) is 5.32 Å². The number of hydrogen-bond donors (Lipinski definition) is 2. The number of nitrogens with one attached hydrogen (secondary N) is 1. The normalized spacial score (nSPS) is 12.2. The zero-order valence-corrected chi connectivity index (χ0v) is 13.9. The molecule has 1 aromatic rings. The Balaban J connectivity index is 3.00. The first-order valence-corrected chi connectivity index (χ1v) is 7.07. The van der Waals surface area contributed by atoms with Gasteiger partial charge in [0.2, 0.25) is 0 Å². The van der Waals surface area contributed by atoms with E-state index in [-0.39, 0.29) is 23.4 Å². The molecule has 1 rings (SSSR count). The fraction of sp³-hybridized carbons (Fsp3) is 0.467. The molecule has 24 heavy (non-hydrogen) atoms. The predicted octanol–water partition coefficient (Wildman–Crippen LogP) is 2.12. The van der Waals surface area contributed by atoms with Crippen LogP contribution in [0, 0.1) is 10.1 Å². The Labute approximate surface area is 138 Å². The Morgan fingerprint density at radius 3 is 2.46 bits per heavy atom. The van der Waals surface area contributed by atoms with Gasteiger partial charge in [-0.2, -0.15) is 0 Å². The maximum absolute atomic E-state index is 11.8. The van der Waals surface area contributed by atoms with E-state index in [1.807, 2.05) is 0 Å². The van der Waals surface area contributed by atoms with Gasteiger partial charge in [0.15, 0.2) is 0 Å². The molecular weight excluding hydrogens is 320 g/mol. The van der Waals surface area contributed by atoms with Crippen LogP contribution in [0.4, 0.5) is 10.5 Å². The van der Waals surface area contributed by atoms with Gasteiger partial charge in [-0.25, -0.2) is 9.59 Å². The van der Waals surface area contributed by atoms with Crippen molar-refractivity contribution in [1.29, 1.82) is 0 Å². The molecule has 1 atom stereocenters. The SMILES string of the molecule is COc1ccc([N+](=O)[O-])cc1CC(NC(=O)OC(C)(C)C)C(=O)O. The lowest BCUT2D eigenvalue weighted by molar-refractivity contribution is -0.384. The van der Waals surface area contributed by atoms with Crippen LogP contribution in [0.2, 0.25) is 0 Å². The number of benzene rings is 1. The lowest BCUT2D eigenvalue weighted by Crippen LogP contribution is -2.44. The summed E-state index contributed by atoms with van der Waals surface area (Å²) in [7, 11) is 1.36. The first-order valence-electron chi connectivity index (χ1n) is 7.07. The van der Waals surface area contributed by atoms with Crippen LogP contribution >= 0.6 is 0 Å². The van der Waals surface area contributed by atoms with Crippen molar-refractivity contribution in [3.63, 3.8) is 0 Å². The average Bonchev–Trinajstić information content (AvgIpc) is 2.44. The minimum atomic E-state index is -1.32. The number of methoxy groups -OCH3 is 1. The van der Waals surface area contributed by atoms with Gasteiger partial charge in [0.05, 0.1) is 12.0 Å². The van der Waals surface area contributed by atoms with Gasteiger partial charge < -0.3 is 19.9 Å². The number of carbonyl (C=O) groups excluding carboxylic acids is 1. The van der Waals surface area contributed by atoms with Crippen molar-refractivity contribution >= 4 is 17.7 Å². The summed E-state index contributed by atoms with van der Waals surface area (Å²) in [6.07, 6.45) is -1.08. The van der Waals surface area contributed by atoms with E-state index >= 15 is 0 Å². The maximum atomic E-state index is 11.8. The Hall–Kier alpha value is -2.84. The third-order valence-electron chi connectivity index (χ3n) is 2.89. The second-order valence-electron chi connectivity index (χ2n) is 5.99. The Kier molecular flexibility index (Phi) is 6.10. The van der Waals surface area contributed by atoms with E-state index in [2.05, 4.69) is 5.32 Å². The smallest absolute Gasteiger partial charge is 0.408 e. The van der Waals surface area contributed by atoms with E-state index in [1.54, 1.807) is 20.8 Å². The number of carbonyl (C=O) groups is 2. The van der Waals surface area contributed by atoms with Gasteiger partial charge in [-0.15, -0.1) is 0 Å². The molecule has 0 fully saturated rings. The molecule has 0 aliphatic heterocycles. The number of nitro groups is 1. The highest BCUT2D eigenvalue weighted by atomic mass is 16.6. The highest BCUT2D eigenvalue weighted by Crippen LogP contribution is 2.25. The van der Waals surface area contributed by atoms with Crippen LogP contribution in [0.15, 0.2) is 18.2 Å². The monoisotopic (exact) mass is 340 g/mol. The van der Waals surface area contributed by atoms with Gasteiger partial charge >= 0.3 is 12.1 Å². The quantitative estimate of drug-likeness (QED) is 0.599. The van der Waals surface area contributed by atoms with Crippen LogP contribution in [0.3, 0.4) is 0 Å². The van der Waals surface area contributed by atoms with Gasteiger partial charge in [0, 0.05) is 24.1 Å². The van der Waals surface area contributed by atoms with Crippen molar-refractivity contribution in [3.05, 3.63) is 33.9 Å². The van der Waals surface area contributed by atoms with Gasteiger partial charge in [-0.05, 0) is 26.8 Å². The molecule has 1 unspecified atom stereocenters. The van der Waals surface area contributed by atoms with E-state index in [1.165, 1.54) is 25.3 Å². The van der Waals surface area contributed by atoms with E-state index in [0.29, 0.717) is 0 Å². The number of carboxylic acids is 1. The lowest BCUT2D eigenvalue weighted by atomic mass is 10.0. The van der Waals surface area contributed by atoms with Crippen molar-refractivity contribution in [2.75, 3.05) is 7.11 Å². The number of non-ortho nitro benzene ring substituents is 1. The van der Waals surface area contributed by atoms with E-state index in [0.717, 1.165) is 0 Å². The number of nitrogens with zero attached hydrogens (tertiary/aromatic N) is 1. The molecule has 0 aromatic heterocycles. The van der Waals surface area contributed by atoms with E-state index in [4.69, 9.17) is 9.47 Å². The largest absolute Gasteiger partial charge is 0.496 e. The summed E-state index contributed by atoms with van der Waals surface area (Å²) in [5.41, 5.74) is -0.696. The predicted molar refractivity (Wildman–Crippen MR) is 84.1 cm³/mol. The van der Waals surface area contributed by atoms with Crippen molar-refractivity contribution < 1.29 is 29.1 Å². The van der Waals surface area contributed by atoms with E-state index < -0.39 is 28.6 Å². The fourth-order valence-electron chi connectivity index (χ4n) is 1.91. The van der Waals surface area contributed by atoms with Crippen molar-refractivity contribution in [2.45, 2.75) is 38.8 Å². The summed E-state index contributed by atoms with van der Waals surface area (Å²) in [5.74, 6) is -1.01. The van der Waals surface area contributed by atoms with Gasteiger partial charge in [-0.1, -0.05) is 0 Å². The average molecular weight is 340 g/mol. The molecule has 2 N–H and O–H groups in total. The van der Waals surface area contributed by atoms with Crippen molar-refractivity contribution in [2.24, 2.45) is 0 Å². The number of alkyl carbamates (subject to hydrolysis) is 1. The molecule has 9 nitrogen and oxygen atoms in total. The number of aliphatic carboxylic acids is 1. The second-order valence-corrected chi connectivity index (χ2v) is 5.99. The topological polar surface area (TPSA) is 128 Å². The fourth-order valence-corrected chi connectivity index (χ4v) is 1.91. The van der Waals surface area contributed by atoms with Crippen LogP contribution in [0.25, 0.3) is 0 Å². The highest BCUT2D eigenvalue weighted by Gasteiger charge is 2.26. The zero-order chi connectivity index (χ0) is 18.5. The third-order valence-corrected chi connectivity index (χ3v) is 2.89. The molecule has 132 valence electrons. The minimum absolute atomic E-state index is 0.195. The molecule has 1 amide bonds. The molecule has 1 aromatic carbocycles. The molecule has 9 heteroatoms. The third kappa shape index (κ3) is 5.75. The molecule has 0 aliphatic rings.